The zero-order valence-corrected chi connectivity index (χ0v) is 52.7. The van der Waals surface area contributed by atoms with Gasteiger partial charge in [0.25, 0.3) is 23.6 Å². The SMILES string of the molecule is CCNC(=O)[C@H]1O[C@@H](n2cnc3c(NC)nc(C(=O)NCCN(C)CC)nc32)[C@H](O)[C@@H]1O.CNc1nc(C(=O)NCCCN2CCCC2)nc2c1ncn2[C@@H]1O[C@H](CO)[C@@H](O)[C@H]1O.CNc1nc(C(=O)NCCc2ccccn2)nc2c1ncn2[C@@H]1O[C@H](CO)[C@@H](O)[C@H]1O. The minimum atomic E-state index is -1.44. The molecule has 11 heterocycles. The smallest absolute Gasteiger partial charge is 0.289 e. The molecule has 0 saturated carbocycles. The molecule has 0 aliphatic carbocycles. The number of ether oxygens (including phenoxy) is 3. The standard InChI is InChI=1S/C19H30N8O5.C19H29N7O5.C19H23N7O5/c1-5-21-17(30)13-11(28)12(29)19(32-13)27-9-23-10-14(20-3)24-15(25-16(10)27)18(31)22-7-8-26(4)6-2;1-20-15-12-17(26(10-22-12)19-14(29)13(28)11(9-27)31-19)24-16(23-15)18(30)21-5-4-8-25-6-2-3-7-25;1-20-15-12-17(26(9-23-12)19-14(29)13(28)11(8-27)31-19)25-16(24-15)18(30)22-7-5-10-4-2-3-6-21-10/h9,11-13,19,28-29H,5-8H2,1-4H3,(H,21,30)(H,22,31)(H,20,24,25);10-11,13-14,19,27-29H,2-9H2,1H3,(H,21,30)(H,20,23,24);2-4,6,9,11,13-14,19,27-29H,5,7-8H2,1H3,(H,22,30)(H,20,24,25)/t11-,12+,13-,19+;2*11-,13-,14-,19-/m011/s1. The summed E-state index contributed by atoms with van der Waals surface area (Å²) >= 11 is 0. The van der Waals surface area contributed by atoms with Crippen LogP contribution in [0.1, 0.15) is 89.3 Å². The first-order valence-corrected chi connectivity index (χ1v) is 30.8. The number of aliphatic hydroxyl groups is 8. The van der Waals surface area contributed by atoms with Gasteiger partial charge in [0, 0.05) is 72.2 Å². The molecule has 4 saturated heterocycles. The minimum absolute atomic E-state index is 0.0356. The number of nitrogens with zero attached hydrogens (tertiary/aromatic N) is 15. The van der Waals surface area contributed by atoms with Gasteiger partial charge in [-0.2, -0.15) is 0 Å². The number of pyridine rings is 1. The third kappa shape index (κ3) is 15.5. The summed E-state index contributed by atoms with van der Waals surface area (Å²) in [4.78, 5) is 97.2. The molecule has 4 aliphatic rings. The Morgan fingerprint density at radius 2 is 1.01 bits per heavy atom. The molecule has 12 atom stereocenters. The Labute approximate surface area is 537 Å². The number of likely N-dealkylation sites (N-methyl/N-ethyl adjacent to an activating group) is 2. The van der Waals surface area contributed by atoms with Gasteiger partial charge in [-0.3, -0.25) is 37.9 Å². The molecule has 0 aromatic carbocycles. The molecule has 4 fully saturated rings. The van der Waals surface area contributed by atoms with Crippen LogP contribution in [0.5, 0.6) is 0 Å². The van der Waals surface area contributed by atoms with Crippen molar-refractivity contribution in [3.05, 3.63) is 66.5 Å². The van der Waals surface area contributed by atoms with Gasteiger partial charge >= 0.3 is 0 Å². The number of carbonyl (C=O) groups excluding carboxylic acids is 4. The van der Waals surface area contributed by atoms with Crippen LogP contribution in [0.3, 0.4) is 0 Å². The fraction of sp³-hybridized carbons (Fsp3) is 0.579. The molecule has 7 aromatic heterocycles. The van der Waals surface area contributed by atoms with Crippen LogP contribution in [0.2, 0.25) is 0 Å². The van der Waals surface area contributed by atoms with Crippen LogP contribution in [0, 0.1) is 0 Å². The van der Waals surface area contributed by atoms with Crippen LogP contribution in [0.15, 0.2) is 43.4 Å². The minimum Gasteiger partial charge on any atom is -0.394 e. The van der Waals surface area contributed by atoms with E-state index in [4.69, 9.17) is 14.2 Å². The number of aliphatic hydroxyl groups excluding tert-OH is 8. The third-order valence-electron chi connectivity index (χ3n) is 16.1. The topological polar surface area (TPSA) is 492 Å². The lowest BCUT2D eigenvalue weighted by atomic mass is 10.1. The summed E-state index contributed by atoms with van der Waals surface area (Å²) in [5.41, 5.74) is 2.68. The predicted molar refractivity (Wildman–Crippen MR) is 334 cm³/mol. The van der Waals surface area contributed by atoms with Gasteiger partial charge < -0.3 is 102 Å². The number of hydrogen-bond donors (Lipinski definition) is 15. The van der Waals surface area contributed by atoms with E-state index in [9.17, 15) is 60.0 Å². The van der Waals surface area contributed by atoms with E-state index < -0.39 is 110 Å². The van der Waals surface area contributed by atoms with E-state index in [-0.39, 0.29) is 34.4 Å². The summed E-state index contributed by atoms with van der Waals surface area (Å²) in [6, 6.07) is 5.56. The monoisotopic (exact) mass is 1310 g/mol. The van der Waals surface area contributed by atoms with E-state index in [1.165, 1.54) is 45.5 Å². The second-order valence-electron chi connectivity index (χ2n) is 22.3. The van der Waals surface area contributed by atoms with Crippen molar-refractivity contribution in [2.24, 2.45) is 0 Å². The van der Waals surface area contributed by atoms with Crippen molar-refractivity contribution in [3.63, 3.8) is 0 Å². The fourth-order valence-corrected chi connectivity index (χ4v) is 10.9. The molecule has 0 bridgehead atoms. The molecule has 11 rings (SSSR count). The lowest BCUT2D eigenvalue weighted by molar-refractivity contribution is -0.137. The highest BCUT2D eigenvalue weighted by atomic mass is 16.6. The number of rotatable bonds is 24. The summed E-state index contributed by atoms with van der Waals surface area (Å²) in [5, 5.41) is 99.9. The van der Waals surface area contributed by atoms with Crippen molar-refractivity contribution in [2.75, 3.05) is 116 Å². The molecule has 0 spiro atoms. The van der Waals surface area contributed by atoms with Gasteiger partial charge in [-0.25, -0.2) is 44.9 Å². The van der Waals surface area contributed by atoms with Crippen LogP contribution in [-0.4, -0.2) is 293 Å². The first-order chi connectivity index (χ1) is 45.4. The molecule has 15 N–H and O–H groups in total. The van der Waals surface area contributed by atoms with Gasteiger partial charge in [-0.15, -0.1) is 0 Å². The van der Waals surface area contributed by atoms with E-state index in [0.717, 1.165) is 38.3 Å². The first kappa shape index (κ1) is 69.9. The Morgan fingerprint density at radius 1 is 0.564 bits per heavy atom. The van der Waals surface area contributed by atoms with Gasteiger partial charge in [0.1, 0.15) is 48.8 Å². The van der Waals surface area contributed by atoms with E-state index >= 15 is 0 Å². The van der Waals surface area contributed by atoms with Gasteiger partial charge in [-0.05, 0) is 71.5 Å². The second kappa shape index (κ2) is 32.1. The molecule has 0 radical (unpaired) electrons. The number of carbonyl (C=O) groups is 4. The maximum atomic E-state index is 12.7. The van der Waals surface area contributed by atoms with Gasteiger partial charge in [0.2, 0.25) is 17.5 Å². The van der Waals surface area contributed by atoms with Crippen molar-refractivity contribution in [2.45, 2.75) is 113 Å². The first-order valence-electron chi connectivity index (χ1n) is 30.8. The van der Waals surface area contributed by atoms with Crippen LogP contribution in [0.4, 0.5) is 17.5 Å². The number of anilines is 3. The van der Waals surface area contributed by atoms with Gasteiger partial charge in [0.15, 0.2) is 75.7 Å². The van der Waals surface area contributed by atoms with Crippen molar-refractivity contribution in [1.82, 2.24) is 94.6 Å². The molecular weight excluding hydrogens is 1230 g/mol. The molecule has 7 aromatic rings. The molecule has 94 heavy (non-hydrogen) atoms. The van der Waals surface area contributed by atoms with Gasteiger partial charge in [0.05, 0.1) is 32.2 Å². The number of imidazole rings is 3. The van der Waals surface area contributed by atoms with Crippen LogP contribution >= 0.6 is 0 Å². The predicted octanol–water partition coefficient (Wildman–Crippen LogP) is -4.15. The van der Waals surface area contributed by atoms with Crippen molar-refractivity contribution in [3.8, 4) is 0 Å². The average molecular weight is 1320 g/mol. The lowest BCUT2D eigenvalue weighted by Gasteiger charge is -2.17. The van der Waals surface area contributed by atoms with Gasteiger partial charge in [-0.1, -0.05) is 13.0 Å². The summed E-state index contributed by atoms with van der Waals surface area (Å²) in [6.45, 7) is 9.19. The highest BCUT2D eigenvalue weighted by Gasteiger charge is 2.49. The van der Waals surface area contributed by atoms with Crippen molar-refractivity contribution >= 4 is 74.6 Å². The number of fused-ring (bicyclic) bond motifs is 3. The van der Waals surface area contributed by atoms with E-state index in [1.807, 2.05) is 37.1 Å². The number of hydrogen-bond acceptors (Lipinski definition) is 30. The Morgan fingerprint density at radius 3 is 1.43 bits per heavy atom. The molecule has 0 unspecified atom stereocenters. The highest BCUT2D eigenvalue weighted by Crippen LogP contribution is 2.36. The molecule has 37 heteroatoms. The zero-order chi connectivity index (χ0) is 67.3. The summed E-state index contributed by atoms with van der Waals surface area (Å²) < 4.78 is 21.0. The van der Waals surface area contributed by atoms with Crippen LogP contribution in [0.25, 0.3) is 33.5 Å². The zero-order valence-electron chi connectivity index (χ0n) is 52.7. The van der Waals surface area contributed by atoms with E-state index in [0.29, 0.717) is 73.1 Å². The number of aromatic nitrogens is 13. The number of amides is 4. The maximum Gasteiger partial charge on any atom is 0.289 e. The Kier molecular flexibility index (Phi) is 23.9. The summed E-state index contributed by atoms with van der Waals surface area (Å²) in [6.07, 6.45) is -4.58. The molecule has 37 nitrogen and oxygen atoms in total. The molecule has 510 valence electrons. The Hall–Kier alpha value is -8.44. The van der Waals surface area contributed by atoms with E-state index in [1.54, 1.807) is 34.3 Å². The normalized spacial score (nSPS) is 24.2. The third-order valence-corrected chi connectivity index (χ3v) is 16.1. The van der Waals surface area contributed by atoms with Crippen molar-refractivity contribution in [1.29, 1.82) is 0 Å². The summed E-state index contributed by atoms with van der Waals surface area (Å²) in [5.74, 6) is -1.10. The lowest BCUT2D eigenvalue weighted by Crippen LogP contribution is -2.42. The van der Waals surface area contributed by atoms with E-state index in [2.05, 4.69) is 92.0 Å². The Bertz CT molecular complexity index is 3690. The molecule has 4 aliphatic heterocycles. The second-order valence-corrected chi connectivity index (χ2v) is 22.3. The fourth-order valence-electron chi connectivity index (χ4n) is 10.9. The molecule has 4 amide bonds. The maximum absolute atomic E-state index is 12.7. The quantitative estimate of drug-likeness (QED) is 0.0255. The Balaban J connectivity index is 0.000000166. The summed E-state index contributed by atoms with van der Waals surface area (Å²) in [7, 11) is 6.87. The van der Waals surface area contributed by atoms with Crippen molar-refractivity contribution < 1.29 is 74.2 Å². The average Bonchev–Trinajstić information content (AvgIpc) is 1.62. The van der Waals surface area contributed by atoms with Crippen LogP contribution in [-0.2, 0) is 25.4 Å². The number of likely N-dealkylation sites (tertiary alicyclic amines) is 1. The van der Waals surface area contributed by atoms with Crippen LogP contribution < -0.4 is 37.2 Å². The largest absolute Gasteiger partial charge is 0.394 e. The highest BCUT2D eigenvalue weighted by molar-refractivity contribution is 5.96. The molecular formula is C57H82N22O15. The number of nitrogens with one attached hydrogen (secondary N) is 7.